The summed E-state index contributed by atoms with van der Waals surface area (Å²) in [6.07, 6.45) is -0.861. The van der Waals surface area contributed by atoms with Crippen molar-refractivity contribution in [2.45, 2.75) is 31.5 Å². The molecule has 3 unspecified atom stereocenters. The predicted molar refractivity (Wildman–Crippen MR) is 99.3 cm³/mol. The standard InChI is InChI=1S/C18H21F2N3O3S/c1-9-3-4-16(27-9)23-18(25)22-14-8-21-15(24)7-11(14)17-12(19)5-10(26-2)6-13(17)20/h3-6,11,14-15,21,24H,7-8H2,1-2H3,(H2,22,23,25). The van der Waals surface area contributed by atoms with E-state index in [9.17, 15) is 18.7 Å². The summed E-state index contributed by atoms with van der Waals surface area (Å²) in [5, 5.41) is 18.9. The zero-order chi connectivity index (χ0) is 19.6. The molecule has 3 rings (SSSR count). The lowest BCUT2D eigenvalue weighted by molar-refractivity contribution is 0.0841. The van der Waals surface area contributed by atoms with E-state index in [-0.39, 0.29) is 24.3 Å². The number of nitrogens with one attached hydrogen (secondary N) is 3. The highest BCUT2D eigenvalue weighted by Gasteiger charge is 2.35. The van der Waals surface area contributed by atoms with Gasteiger partial charge in [0.2, 0.25) is 0 Å². The molecule has 0 bridgehead atoms. The number of aryl methyl sites for hydroxylation is 1. The van der Waals surface area contributed by atoms with Crippen LogP contribution in [-0.2, 0) is 0 Å². The maximum atomic E-state index is 14.5. The first kappa shape index (κ1) is 19.5. The quantitative estimate of drug-likeness (QED) is 0.639. The van der Waals surface area contributed by atoms with Crippen LogP contribution in [0.1, 0.15) is 22.8 Å². The van der Waals surface area contributed by atoms with E-state index in [0.29, 0.717) is 5.00 Å². The maximum Gasteiger partial charge on any atom is 0.320 e. The fourth-order valence-electron chi connectivity index (χ4n) is 3.22. The molecule has 9 heteroatoms. The van der Waals surface area contributed by atoms with Crippen LogP contribution in [0.4, 0.5) is 18.6 Å². The van der Waals surface area contributed by atoms with Gasteiger partial charge in [-0.1, -0.05) is 0 Å². The van der Waals surface area contributed by atoms with Crippen molar-refractivity contribution in [3.63, 3.8) is 0 Å². The molecule has 146 valence electrons. The number of aliphatic hydroxyl groups excluding tert-OH is 1. The van der Waals surface area contributed by atoms with Crippen LogP contribution >= 0.6 is 11.3 Å². The molecule has 1 aromatic carbocycles. The Hall–Kier alpha value is -2.23. The number of amides is 2. The number of carbonyl (C=O) groups is 1. The van der Waals surface area contributed by atoms with Crippen molar-refractivity contribution in [2.75, 3.05) is 19.0 Å². The molecule has 2 aromatic rings. The normalized spacial score (nSPS) is 22.3. The highest BCUT2D eigenvalue weighted by Crippen LogP contribution is 2.34. The average molecular weight is 397 g/mol. The van der Waals surface area contributed by atoms with Crippen molar-refractivity contribution >= 4 is 22.4 Å². The van der Waals surface area contributed by atoms with Crippen LogP contribution in [-0.4, -0.2) is 37.1 Å². The van der Waals surface area contributed by atoms with Crippen molar-refractivity contribution in [1.82, 2.24) is 10.6 Å². The van der Waals surface area contributed by atoms with E-state index in [2.05, 4.69) is 16.0 Å². The van der Waals surface area contributed by atoms with Crippen molar-refractivity contribution in [2.24, 2.45) is 0 Å². The van der Waals surface area contributed by atoms with Crippen LogP contribution in [0.25, 0.3) is 0 Å². The van der Waals surface area contributed by atoms with Gasteiger partial charge in [0.15, 0.2) is 0 Å². The summed E-state index contributed by atoms with van der Waals surface area (Å²) in [6, 6.07) is 4.77. The van der Waals surface area contributed by atoms with Crippen LogP contribution in [0.3, 0.4) is 0 Å². The van der Waals surface area contributed by atoms with E-state index in [0.717, 1.165) is 17.0 Å². The lowest BCUT2D eigenvalue weighted by Crippen LogP contribution is -2.54. The van der Waals surface area contributed by atoms with Gasteiger partial charge in [0.25, 0.3) is 0 Å². The molecule has 3 atom stereocenters. The number of carbonyl (C=O) groups excluding carboxylic acids is 1. The molecule has 27 heavy (non-hydrogen) atoms. The lowest BCUT2D eigenvalue weighted by Gasteiger charge is -2.36. The molecule has 0 aliphatic carbocycles. The Kier molecular flexibility index (Phi) is 5.93. The van der Waals surface area contributed by atoms with E-state index >= 15 is 0 Å². The Bertz CT molecular complexity index is 807. The van der Waals surface area contributed by atoms with Crippen molar-refractivity contribution in [1.29, 1.82) is 0 Å². The number of hydrogen-bond acceptors (Lipinski definition) is 5. The van der Waals surface area contributed by atoms with Crippen LogP contribution < -0.4 is 20.7 Å². The first-order valence-corrected chi connectivity index (χ1v) is 9.27. The van der Waals surface area contributed by atoms with Gasteiger partial charge in [-0.25, -0.2) is 13.6 Å². The number of rotatable bonds is 4. The van der Waals surface area contributed by atoms with Gasteiger partial charge in [-0.15, -0.1) is 11.3 Å². The molecular weight excluding hydrogens is 376 g/mol. The number of piperidine rings is 1. The second-order valence-corrected chi connectivity index (χ2v) is 7.67. The molecule has 1 saturated heterocycles. The van der Waals surface area contributed by atoms with Crippen molar-refractivity contribution < 1.29 is 23.4 Å². The smallest absolute Gasteiger partial charge is 0.320 e. The van der Waals surface area contributed by atoms with Crippen LogP contribution in [0.15, 0.2) is 24.3 Å². The van der Waals surface area contributed by atoms with Crippen molar-refractivity contribution in [3.05, 3.63) is 46.3 Å². The molecule has 2 heterocycles. The zero-order valence-electron chi connectivity index (χ0n) is 14.9. The summed E-state index contributed by atoms with van der Waals surface area (Å²) in [6.45, 7) is 2.10. The molecule has 1 fully saturated rings. The largest absolute Gasteiger partial charge is 0.497 e. The SMILES string of the molecule is COc1cc(F)c(C2CC(O)NCC2NC(=O)Nc2ccc(C)s2)c(F)c1. The minimum atomic E-state index is -0.919. The van der Waals surface area contributed by atoms with E-state index in [1.54, 1.807) is 6.07 Å². The molecule has 1 aromatic heterocycles. The Morgan fingerprint density at radius 3 is 2.63 bits per heavy atom. The van der Waals surface area contributed by atoms with Crippen LogP contribution in [0, 0.1) is 18.6 Å². The third-order valence-corrected chi connectivity index (χ3v) is 5.41. The van der Waals surface area contributed by atoms with Gasteiger partial charge in [0.05, 0.1) is 18.2 Å². The Morgan fingerprint density at radius 1 is 1.33 bits per heavy atom. The monoisotopic (exact) mass is 397 g/mol. The predicted octanol–water partition coefficient (Wildman–Crippen LogP) is 2.93. The molecule has 1 aliphatic heterocycles. The molecule has 1 aliphatic rings. The molecule has 6 nitrogen and oxygen atoms in total. The van der Waals surface area contributed by atoms with E-state index < -0.39 is 35.9 Å². The van der Waals surface area contributed by atoms with E-state index in [1.807, 2.05) is 13.0 Å². The number of aliphatic hydroxyl groups is 1. The first-order valence-electron chi connectivity index (χ1n) is 8.45. The topological polar surface area (TPSA) is 82.6 Å². The van der Waals surface area contributed by atoms with Crippen molar-refractivity contribution in [3.8, 4) is 5.75 Å². The number of urea groups is 1. The number of ether oxygens (including phenoxy) is 1. The average Bonchev–Trinajstić information content (AvgIpc) is 3.01. The summed E-state index contributed by atoms with van der Waals surface area (Å²) >= 11 is 1.42. The summed E-state index contributed by atoms with van der Waals surface area (Å²) in [7, 11) is 1.32. The van der Waals surface area contributed by atoms with Gasteiger partial charge in [-0.05, 0) is 25.5 Å². The van der Waals surface area contributed by atoms with E-state index in [1.165, 1.54) is 18.4 Å². The van der Waals surface area contributed by atoms with Gasteiger partial charge < -0.3 is 15.2 Å². The van der Waals surface area contributed by atoms with Gasteiger partial charge in [-0.2, -0.15) is 0 Å². The molecule has 4 N–H and O–H groups in total. The van der Waals surface area contributed by atoms with Crippen LogP contribution in [0.5, 0.6) is 5.75 Å². The number of anilines is 1. The Balaban J connectivity index is 1.80. The molecule has 0 radical (unpaired) electrons. The fraction of sp³-hybridized carbons (Fsp3) is 0.389. The van der Waals surface area contributed by atoms with Gasteiger partial charge in [0, 0.05) is 35.0 Å². The number of benzene rings is 1. The minimum absolute atomic E-state index is 0.0588. The molecule has 0 saturated carbocycles. The number of methoxy groups -OCH3 is 1. The number of hydrogen-bond donors (Lipinski definition) is 4. The third kappa shape index (κ3) is 4.55. The second kappa shape index (κ2) is 8.20. The van der Waals surface area contributed by atoms with Gasteiger partial charge in [-0.3, -0.25) is 10.6 Å². The van der Waals surface area contributed by atoms with Gasteiger partial charge >= 0.3 is 6.03 Å². The summed E-state index contributed by atoms with van der Waals surface area (Å²) in [4.78, 5) is 13.4. The second-order valence-electron chi connectivity index (χ2n) is 6.39. The highest BCUT2D eigenvalue weighted by molar-refractivity contribution is 7.16. The Morgan fingerprint density at radius 2 is 2.04 bits per heavy atom. The summed E-state index contributed by atoms with van der Waals surface area (Å²) in [5.41, 5.74) is -0.173. The lowest BCUT2D eigenvalue weighted by atomic mass is 9.84. The zero-order valence-corrected chi connectivity index (χ0v) is 15.7. The number of halogens is 2. The van der Waals surface area contributed by atoms with E-state index in [4.69, 9.17) is 4.74 Å². The molecular formula is C18H21F2N3O3S. The molecule has 0 spiro atoms. The Labute approximate surface area is 159 Å². The third-order valence-electron chi connectivity index (χ3n) is 4.49. The fourth-order valence-corrected chi connectivity index (χ4v) is 3.98. The van der Waals surface area contributed by atoms with Crippen LogP contribution in [0.2, 0.25) is 0 Å². The summed E-state index contributed by atoms with van der Waals surface area (Å²) in [5.74, 6) is -2.21. The summed E-state index contributed by atoms with van der Waals surface area (Å²) < 4.78 is 33.9. The minimum Gasteiger partial charge on any atom is -0.497 e. The van der Waals surface area contributed by atoms with Gasteiger partial charge in [0.1, 0.15) is 23.6 Å². The molecule has 2 amide bonds. The maximum absolute atomic E-state index is 14.5. The first-order chi connectivity index (χ1) is 12.9. The highest BCUT2D eigenvalue weighted by atomic mass is 32.1. The number of thiophene rings is 1.